The number of halogens is 2. The molecule has 0 bridgehead atoms. The summed E-state index contributed by atoms with van der Waals surface area (Å²) >= 11 is 3.34. The van der Waals surface area contributed by atoms with Gasteiger partial charge < -0.3 is 10.4 Å². The van der Waals surface area contributed by atoms with Crippen LogP contribution in [-0.2, 0) is 0 Å². The predicted octanol–water partition coefficient (Wildman–Crippen LogP) is 3.04. The molecule has 3 rings (SSSR count). The molecule has 0 radical (unpaired) electrons. The Kier molecular flexibility index (Phi) is 4.29. The number of hydrogen-bond donors (Lipinski definition) is 2. The lowest BCUT2D eigenvalue weighted by Gasteiger charge is -2.35. The quantitative estimate of drug-likeness (QED) is 0.882. The molecule has 2 fully saturated rings. The van der Waals surface area contributed by atoms with Gasteiger partial charge in [0.15, 0.2) is 11.6 Å². The molecule has 2 aliphatic rings. The fraction of sp³-hybridized carbons (Fsp3) is 0.600. The van der Waals surface area contributed by atoms with Gasteiger partial charge in [-0.1, -0.05) is 28.8 Å². The van der Waals surface area contributed by atoms with Crippen molar-refractivity contribution in [2.75, 3.05) is 26.2 Å². The molecule has 1 aliphatic heterocycles. The van der Waals surface area contributed by atoms with Gasteiger partial charge >= 0.3 is 0 Å². The summed E-state index contributed by atoms with van der Waals surface area (Å²) < 4.78 is 14.5. The zero-order chi connectivity index (χ0) is 14.1. The van der Waals surface area contributed by atoms with Gasteiger partial charge in [-0.15, -0.1) is 0 Å². The van der Waals surface area contributed by atoms with Crippen molar-refractivity contribution in [2.24, 2.45) is 5.92 Å². The monoisotopic (exact) mass is 342 g/mol. The molecule has 3 nitrogen and oxygen atoms in total. The Labute approximate surface area is 127 Å². The maximum absolute atomic E-state index is 13.8. The molecular weight excluding hydrogens is 323 g/mol. The predicted molar refractivity (Wildman–Crippen MR) is 80.3 cm³/mol. The van der Waals surface area contributed by atoms with E-state index in [1.165, 1.54) is 18.9 Å². The van der Waals surface area contributed by atoms with E-state index in [1.54, 1.807) is 0 Å². The summed E-state index contributed by atoms with van der Waals surface area (Å²) in [4.78, 5) is 2.37. The van der Waals surface area contributed by atoms with E-state index in [0.29, 0.717) is 4.47 Å². The van der Waals surface area contributed by atoms with Crippen LogP contribution in [0.3, 0.4) is 0 Å². The maximum Gasteiger partial charge on any atom is 0.166 e. The highest BCUT2D eigenvalue weighted by Crippen LogP contribution is 2.43. The smallest absolute Gasteiger partial charge is 0.166 e. The average Bonchev–Trinajstić information content (AvgIpc) is 3.25. The minimum atomic E-state index is -0.537. The van der Waals surface area contributed by atoms with Gasteiger partial charge in [0.25, 0.3) is 0 Å². The summed E-state index contributed by atoms with van der Waals surface area (Å²) in [6.07, 6.45) is 3.54. The van der Waals surface area contributed by atoms with Crippen molar-refractivity contribution in [3.05, 3.63) is 28.0 Å². The van der Waals surface area contributed by atoms with Gasteiger partial charge in [0, 0.05) is 42.3 Å². The molecule has 1 aromatic carbocycles. The Morgan fingerprint density at radius 2 is 2.05 bits per heavy atom. The van der Waals surface area contributed by atoms with Crippen molar-refractivity contribution in [3.8, 4) is 5.75 Å². The number of hydrogen-bond acceptors (Lipinski definition) is 3. The van der Waals surface area contributed by atoms with Crippen molar-refractivity contribution in [1.82, 2.24) is 10.2 Å². The van der Waals surface area contributed by atoms with E-state index in [1.807, 2.05) is 6.07 Å². The van der Waals surface area contributed by atoms with E-state index < -0.39 is 5.82 Å². The fourth-order valence-electron chi connectivity index (χ4n) is 2.98. The zero-order valence-electron chi connectivity index (χ0n) is 11.4. The third kappa shape index (κ3) is 3.15. The second-order valence-electron chi connectivity index (χ2n) is 5.81. The molecule has 0 unspecified atom stereocenters. The van der Waals surface area contributed by atoms with Gasteiger partial charge in [-0.05, 0) is 24.5 Å². The number of phenols is 1. The van der Waals surface area contributed by atoms with Gasteiger partial charge in [-0.25, -0.2) is 4.39 Å². The van der Waals surface area contributed by atoms with Crippen LogP contribution in [0.2, 0.25) is 0 Å². The molecule has 1 aliphatic carbocycles. The van der Waals surface area contributed by atoms with E-state index >= 15 is 0 Å². The number of rotatable bonds is 4. The van der Waals surface area contributed by atoms with Gasteiger partial charge in [-0.3, -0.25) is 4.90 Å². The van der Waals surface area contributed by atoms with Crippen LogP contribution in [0.5, 0.6) is 5.75 Å². The fourth-order valence-corrected chi connectivity index (χ4v) is 3.42. The van der Waals surface area contributed by atoms with E-state index in [-0.39, 0.29) is 11.8 Å². The minimum absolute atomic E-state index is 0.122. The summed E-state index contributed by atoms with van der Waals surface area (Å²) in [6, 6.07) is 3.31. The van der Waals surface area contributed by atoms with Crippen molar-refractivity contribution in [3.63, 3.8) is 0 Å². The Morgan fingerprint density at radius 1 is 1.35 bits per heavy atom. The maximum atomic E-state index is 13.8. The zero-order valence-corrected chi connectivity index (χ0v) is 13.0. The molecule has 110 valence electrons. The van der Waals surface area contributed by atoms with E-state index in [0.717, 1.165) is 44.1 Å². The first kappa shape index (κ1) is 14.3. The van der Waals surface area contributed by atoms with Crippen LogP contribution in [-0.4, -0.2) is 36.2 Å². The van der Waals surface area contributed by atoms with E-state index in [9.17, 15) is 9.50 Å². The lowest BCUT2D eigenvalue weighted by Crippen LogP contribution is -2.45. The SMILES string of the molecule is Oc1c(F)cc(Br)cc1[C@@H](CC1CC1)N1CCNCC1. The van der Waals surface area contributed by atoms with Gasteiger partial charge in [0.05, 0.1) is 0 Å². The van der Waals surface area contributed by atoms with Crippen molar-refractivity contribution >= 4 is 15.9 Å². The van der Waals surface area contributed by atoms with E-state index in [4.69, 9.17) is 0 Å². The van der Waals surface area contributed by atoms with Gasteiger partial charge in [-0.2, -0.15) is 0 Å². The van der Waals surface area contributed by atoms with Gasteiger partial charge in [0.2, 0.25) is 0 Å². The second kappa shape index (κ2) is 6.00. The third-order valence-corrected chi connectivity index (χ3v) is 4.72. The van der Waals surface area contributed by atoms with Crippen LogP contribution >= 0.6 is 15.9 Å². The summed E-state index contributed by atoms with van der Waals surface area (Å²) in [5.41, 5.74) is 0.727. The van der Waals surface area contributed by atoms with Crippen molar-refractivity contribution in [1.29, 1.82) is 0 Å². The summed E-state index contributed by atoms with van der Waals surface area (Å²) in [6.45, 7) is 3.81. The topological polar surface area (TPSA) is 35.5 Å². The van der Waals surface area contributed by atoms with Crippen molar-refractivity contribution < 1.29 is 9.50 Å². The molecule has 1 atom stereocenters. The number of piperazine rings is 1. The second-order valence-corrected chi connectivity index (χ2v) is 6.72. The summed E-state index contributed by atoms with van der Waals surface area (Å²) in [7, 11) is 0. The molecule has 1 saturated heterocycles. The number of phenolic OH excluding ortho intramolecular Hbond substituents is 1. The highest BCUT2D eigenvalue weighted by molar-refractivity contribution is 9.10. The molecule has 0 aromatic heterocycles. The van der Waals surface area contributed by atoms with Crippen LogP contribution in [0.4, 0.5) is 4.39 Å². The van der Waals surface area contributed by atoms with E-state index in [2.05, 4.69) is 26.1 Å². The first-order chi connectivity index (χ1) is 9.65. The molecule has 1 aromatic rings. The first-order valence-corrected chi connectivity index (χ1v) is 8.07. The Bertz CT molecular complexity index is 487. The van der Waals surface area contributed by atoms with Crippen LogP contribution in [0, 0.1) is 11.7 Å². The van der Waals surface area contributed by atoms with Crippen LogP contribution in [0.1, 0.15) is 30.9 Å². The standard InChI is InChI=1S/C15H20BrFN2O/c16-11-8-12(15(20)13(17)9-11)14(7-10-1-2-10)19-5-3-18-4-6-19/h8-10,14,18,20H,1-7H2/t14-/m1/s1. The first-order valence-electron chi connectivity index (χ1n) is 7.28. The number of nitrogens with zero attached hydrogens (tertiary/aromatic N) is 1. The number of aromatic hydroxyl groups is 1. The molecule has 2 N–H and O–H groups in total. The Morgan fingerprint density at radius 3 is 2.70 bits per heavy atom. The van der Waals surface area contributed by atoms with Crippen molar-refractivity contribution in [2.45, 2.75) is 25.3 Å². The van der Waals surface area contributed by atoms with Gasteiger partial charge in [0.1, 0.15) is 0 Å². The minimum Gasteiger partial charge on any atom is -0.505 e. The highest BCUT2D eigenvalue weighted by Gasteiger charge is 2.32. The Balaban J connectivity index is 1.90. The van der Waals surface area contributed by atoms with Crippen LogP contribution in [0.25, 0.3) is 0 Å². The normalized spacial score (nSPS) is 21.9. The highest BCUT2D eigenvalue weighted by atomic mass is 79.9. The Hall–Kier alpha value is -0.650. The summed E-state index contributed by atoms with van der Waals surface area (Å²) in [5.74, 6) is 0.0130. The molecule has 1 saturated carbocycles. The molecule has 0 spiro atoms. The lowest BCUT2D eigenvalue weighted by molar-refractivity contribution is 0.157. The third-order valence-electron chi connectivity index (χ3n) is 4.26. The molecule has 20 heavy (non-hydrogen) atoms. The summed E-state index contributed by atoms with van der Waals surface area (Å²) in [5, 5.41) is 13.5. The van der Waals surface area contributed by atoms with Crippen LogP contribution in [0.15, 0.2) is 16.6 Å². The molecular formula is C15H20BrFN2O. The largest absolute Gasteiger partial charge is 0.505 e. The lowest BCUT2D eigenvalue weighted by atomic mass is 9.97. The average molecular weight is 343 g/mol. The molecule has 0 amide bonds. The molecule has 1 heterocycles. The number of benzene rings is 1. The van der Waals surface area contributed by atoms with Crippen LogP contribution < -0.4 is 5.32 Å². The molecule has 5 heteroatoms. The number of nitrogens with one attached hydrogen (secondary N) is 1.